The smallest absolute Gasteiger partial charge is 0.265 e. The highest BCUT2D eigenvalue weighted by atomic mass is 16.5. The molecule has 5 nitrogen and oxygen atoms in total. The number of amides is 1. The minimum absolute atomic E-state index is 0.179. The zero-order valence-electron chi connectivity index (χ0n) is 16.4. The predicted octanol–water partition coefficient (Wildman–Crippen LogP) is 4.94. The number of hydrogen-bond donors (Lipinski definition) is 1. The van der Waals surface area contributed by atoms with Crippen molar-refractivity contribution in [2.75, 3.05) is 18.5 Å². The third-order valence-electron chi connectivity index (χ3n) is 4.17. The molecule has 0 heterocycles. The molecule has 0 radical (unpaired) electrons. The number of nitrogens with one attached hydrogen (secondary N) is 1. The average molecular weight is 391 g/mol. The van der Waals surface area contributed by atoms with Crippen molar-refractivity contribution < 1.29 is 19.0 Å². The lowest BCUT2D eigenvalue weighted by molar-refractivity contribution is -0.122. The molecule has 0 aliphatic carbocycles. The van der Waals surface area contributed by atoms with Gasteiger partial charge in [0, 0.05) is 5.69 Å². The molecule has 29 heavy (non-hydrogen) atoms. The highest BCUT2D eigenvalue weighted by molar-refractivity contribution is 5.94. The maximum atomic E-state index is 12.5. The standard InChI is InChI=1S/C24H25NO4/c1-2-23(29-22-11-7-4-8-12-22)24(26)25-19-13-15-21(16-14-19)28-18-17-27-20-9-5-3-6-10-20/h3-16,23H,2,17-18H2,1H3,(H,25,26). The monoisotopic (exact) mass is 391 g/mol. The molecular weight excluding hydrogens is 366 g/mol. The van der Waals surface area contributed by atoms with Crippen molar-refractivity contribution in [2.45, 2.75) is 19.4 Å². The summed E-state index contributed by atoms with van der Waals surface area (Å²) in [7, 11) is 0. The Kier molecular flexibility index (Phi) is 7.52. The van der Waals surface area contributed by atoms with Crippen molar-refractivity contribution in [3.8, 4) is 17.2 Å². The van der Waals surface area contributed by atoms with Crippen LogP contribution in [0.5, 0.6) is 17.2 Å². The second-order valence-electron chi connectivity index (χ2n) is 6.35. The van der Waals surface area contributed by atoms with Crippen LogP contribution in [0.1, 0.15) is 13.3 Å². The van der Waals surface area contributed by atoms with Crippen LogP contribution in [0.15, 0.2) is 84.9 Å². The van der Waals surface area contributed by atoms with E-state index >= 15 is 0 Å². The van der Waals surface area contributed by atoms with Gasteiger partial charge in [0.05, 0.1) is 0 Å². The number of para-hydroxylation sites is 2. The molecule has 0 saturated heterocycles. The van der Waals surface area contributed by atoms with Gasteiger partial charge in [-0.15, -0.1) is 0 Å². The zero-order chi connectivity index (χ0) is 20.3. The lowest BCUT2D eigenvalue weighted by atomic mass is 10.2. The summed E-state index contributed by atoms with van der Waals surface area (Å²) >= 11 is 0. The molecule has 5 heteroatoms. The molecule has 150 valence electrons. The number of hydrogen-bond acceptors (Lipinski definition) is 4. The highest BCUT2D eigenvalue weighted by Crippen LogP contribution is 2.18. The van der Waals surface area contributed by atoms with E-state index in [1.54, 1.807) is 12.1 Å². The predicted molar refractivity (Wildman–Crippen MR) is 114 cm³/mol. The number of carbonyl (C=O) groups excluding carboxylic acids is 1. The first-order valence-corrected chi connectivity index (χ1v) is 9.68. The average Bonchev–Trinajstić information content (AvgIpc) is 2.77. The Balaban J connectivity index is 1.44. The van der Waals surface area contributed by atoms with E-state index < -0.39 is 6.10 Å². The fourth-order valence-electron chi connectivity index (χ4n) is 2.68. The number of ether oxygens (including phenoxy) is 3. The molecule has 0 bridgehead atoms. The molecule has 3 aromatic carbocycles. The number of rotatable bonds is 10. The maximum absolute atomic E-state index is 12.5. The topological polar surface area (TPSA) is 56.8 Å². The molecule has 0 fully saturated rings. The van der Waals surface area contributed by atoms with Crippen molar-refractivity contribution in [3.63, 3.8) is 0 Å². The molecule has 0 spiro atoms. The van der Waals surface area contributed by atoms with Gasteiger partial charge in [0.25, 0.3) is 5.91 Å². The minimum atomic E-state index is -0.552. The first kappa shape index (κ1) is 20.3. The summed E-state index contributed by atoms with van der Waals surface area (Å²) in [6.45, 7) is 2.81. The van der Waals surface area contributed by atoms with Crippen LogP contribution in [-0.4, -0.2) is 25.2 Å². The third kappa shape index (κ3) is 6.57. The summed E-state index contributed by atoms with van der Waals surface area (Å²) in [4.78, 5) is 12.5. The van der Waals surface area contributed by atoms with Gasteiger partial charge in [-0.2, -0.15) is 0 Å². The van der Waals surface area contributed by atoms with Crippen molar-refractivity contribution >= 4 is 11.6 Å². The van der Waals surface area contributed by atoms with Crippen LogP contribution in [0.2, 0.25) is 0 Å². The van der Waals surface area contributed by atoms with Gasteiger partial charge in [-0.05, 0) is 55.0 Å². The summed E-state index contributed by atoms with van der Waals surface area (Å²) in [5, 5.41) is 2.88. The third-order valence-corrected chi connectivity index (χ3v) is 4.17. The zero-order valence-corrected chi connectivity index (χ0v) is 16.4. The van der Waals surface area contributed by atoms with Crippen LogP contribution in [-0.2, 0) is 4.79 Å². The van der Waals surface area contributed by atoms with Crippen LogP contribution in [0.25, 0.3) is 0 Å². The summed E-state index contributed by atoms with van der Waals surface area (Å²) in [5.74, 6) is 2.03. The quantitative estimate of drug-likeness (QED) is 0.497. The number of benzene rings is 3. The number of carbonyl (C=O) groups is 1. The number of anilines is 1. The van der Waals surface area contributed by atoms with E-state index in [1.807, 2.05) is 79.7 Å². The van der Waals surface area contributed by atoms with Crippen LogP contribution in [0, 0.1) is 0 Å². The Labute approximate surface area is 171 Å². The van der Waals surface area contributed by atoms with Crippen LogP contribution < -0.4 is 19.5 Å². The Bertz CT molecular complexity index is 866. The van der Waals surface area contributed by atoms with E-state index in [9.17, 15) is 4.79 Å². The molecule has 1 amide bonds. The second-order valence-corrected chi connectivity index (χ2v) is 6.35. The van der Waals surface area contributed by atoms with Crippen molar-refractivity contribution in [2.24, 2.45) is 0 Å². The van der Waals surface area contributed by atoms with Crippen LogP contribution in [0.4, 0.5) is 5.69 Å². The van der Waals surface area contributed by atoms with Gasteiger partial charge < -0.3 is 19.5 Å². The maximum Gasteiger partial charge on any atom is 0.265 e. The molecule has 0 aliphatic rings. The van der Waals surface area contributed by atoms with Gasteiger partial charge in [0.2, 0.25) is 0 Å². The van der Waals surface area contributed by atoms with Crippen molar-refractivity contribution in [3.05, 3.63) is 84.9 Å². The normalized spacial score (nSPS) is 11.3. The molecule has 3 aromatic rings. The van der Waals surface area contributed by atoms with E-state index in [2.05, 4.69) is 5.32 Å². The molecule has 0 aliphatic heterocycles. The fourth-order valence-corrected chi connectivity index (χ4v) is 2.68. The van der Waals surface area contributed by atoms with E-state index in [-0.39, 0.29) is 5.91 Å². The lowest BCUT2D eigenvalue weighted by Gasteiger charge is -2.17. The summed E-state index contributed by atoms with van der Waals surface area (Å²) in [6, 6.07) is 26.2. The SMILES string of the molecule is CCC(Oc1ccccc1)C(=O)Nc1ccc(OCCOc2ccccc2)cc1. The van der Waals surface area contributed by atoms with E-state index in [4.69, 9.17) is 14.2 Å². The van der Waals surface area contributed by atoms with Gasteiger partial charge in [-0.3, -0.25) is 4.79 Å². The Morgan fingerprint density at radius 3 is 1.83 bits per heavy atom. The summed E-state index contributed by atoms with van der Waals surface area (Å²) in [5.41, 5.74) is 0.693. The molecule has 3 rings (SSSR count). The molecule has 1 unspecified atom stereocenters. The molecule has 1 N–H and O–H groups in total. The van der Waals surface area contributed by atoms with Gasteiger partial charge in [0.1, 0.15) is 30.5 Å². The van der Waals surface area contributed by atoms with Gasteiger partial charge >= 0.3 is 0 Å². The largest absolute Gasteiger partial charge is 0.490 e. The van der Waals surface area contributed by atoms with Crippen molar-refractivity contribution in [1.29, 1.82) is 0 Å². The Morgan fingerprint density at radius 2 is 1.28 bits per heavy atom. The van der Waals surface area contributed by atoms with Gasteiger partial charge in [-0.1, -0.05) is 43.3 Å². The Morgan fingerprint density at radius 1 is 0.759 bits per heavy atom. The summed E-state index contributed by atoms with van der Waals surface area (Å²) < 4.78 is 17.0. The highest BCUT2D eigenvalue weighted by Gasteiger charge is 2.18. The first-order valence-electron chi connectivity index (χ1n) is 9.68. The van der Waals surface area contributed by atoms with E-state index in [0.29, 0.717) is 36.8 Å². The molecule has 0 aromatic heterocycles. The van der Waals surface area contributed by atoms with Crippen LogP contribution in [0.3, 0.4) is 0 Å². The summed E-state index contributed by atoms with van der Waals surface area (Å²) in [6.07, 6.45) is 0.0204. The second kappa shape index (κ2) is 10.8. The first-order chi connectivity index (χ1) is 14.2. The minimum Gasteiger partial charge on any atom is -0.490 e. The van der Waals surface area contributed by atoms with E-state index in [0.717, 1.165) is 5.75 Å². The Hall–Kier alpha value is -3.47. The molecule has 1 atom stereocenters. The molecule has 0 saturated carbocycles. The van der Waals surface area contributed by atoms with Gasteiger partial charge in [-0.25, -0.2) is 0 Å². The lowest BCUT2D eigenvalue weighted by Crippen LogP contribution is -2.32. The van der Waals surface area contributed by atoms with Crippen molar-refractivity contribution in [1.82, 2.24) is 0 Å². The fraction of sp³-hybridized carbons (Fsp3) is 0.208. The van der Waals surface area contributed by atoms with Crippen LogP contribution >= 0.6 is 0 Å². The molecular formula is C24H25NO4. The van der Waals surface area contributed by atoms with E-state index in [1.165, 1.54) is 0 Å². The van der Waals surface area contributed by atoms with Gasteiger partial charge in [0.15, 0.2) is 6.10 Å².